The second-order valence-electron chi connectivity index (χ2n) is 5.01. The lowest BCUT2D eigenvalue weighted by Gasteiger charge is -2.09. The Hall–Kier alpha value is -3.00. The van der Waals surface area contributed by atoms with Crippen LogP contribution in [0.3, 0.4) is 0 Å². The van der Waals surface area contributed by atoms with Crippen LogP contribution in [-0.2, 0) is 4.74 Å². The minimum atomic E-state index is -0.585. The molecule has 3 aromatic rings. The molecule has 0 aliphatic rings. The average Bonchev–Trinajstić information content (AvgIpc) is 3.06. The molecule has 2 heterocycles. The number of hydrogen-bond acceptors (Lipinski definition) is 6. The van der Waals surface area contributed by atoms with E-state index in [4.69, 9.17) is 0 Å². The van der Waals surface area contributed by atoms with Crippen LogP contribution in [-0.4, -0.2) is 28.4 Å². The fourth-order valence-corrected chi connectivity index (χ4v) is 2.85. The summed E-state index contributed by atoms with van der Waals surface area (Å²) in [7, 11) is 1.28. The number of benzene rings is 1. The lowest BCUT2D eigenvalue weighted by molar-refractivity contribution is 0.0600. The van der Waals surface area contributed by atoms with Crippen molar-refractivity contribution < 1.29 is 14.3 Å². The first-order valence-electron chi connectivity index (χ1n) is 6.96. The minimum Gasteiger partial charge on any atom is -0.465 e. The molecule has 0 saturated heterocycles. The second-order valence-corrected chi connectivity index (χ2v) is 5.88. The number of rotatable bonds is 3. The van der Waals surface area contributed by atoms with Crippen molar-refractivity contribution in [2.75, 3.05) is 12.4 Å². The van der Waals surface area contributed by atoms with Gasteiger partial charge in [0, 0.05) is 23.5 Å². The van der Waals surface area contributed by atoms with Gasteiger partial charge in [0.15, 0.2) is 4.96 Å². The molecule has 0 bridgehead atoms. The van der Waals surface area contributed by atoms with E-state index in [1.54, 1.807) is 30.6 Å². The highest BCUT2D eigenvalue weighted by Gasteiger charge is 2.16. The van der Waals surface area contributed by atoms with E-state index in [1.807, 2.05) is 0 Å². The summed E-state index contributed by atoms with van der Waals surface area (Å²) < 4.78 is 5.98. The number of anilines is 1. The predicted molar refractivity (Wildman–Crippen MR) is 89.8 cm³/mol. The number of esters is 1. The summed E-state index contributed by atoms with van der Waals surface area (Å²) in [5.41, 5.74) is 0.967. The van der Waals surface area contributed by atoms with E-state index in [0.717, 1.165) is 5.56 Å². The van der Waals surface area contributed by atoms with E-state index in [0.29, 0.717) is 16.2 Å². The summed E-state index contributed by atoms with van der Waals surface area (Å²) in [6, 6.07) is 4.80. The molecule has 0 aliphatic carbocycles. The lowest BCUT2D eigenvalue weighted by Crippen LogP contribution is -2.26. The van der Waals surface area contributed by atoms with Crippen LogP contribution in [0.2, 0.25) is 0 Å². The molecule has 0 saturated carbocycles. The molecule has 1 amide bonds. The molecule has 0 aliphatic heterocycles. The summed E-state index contributed by atoms with van der Waals surface area (Å²) in [6.07, 6.45) is 2.82. The fourth-order valence-electron chi connectivity index (χ4n) is 2.17. The average molecular weight is 343 g/mol. The zero-order valence-electron chi connectivity index (χ0n) is 12.9. The highest BCUT2D eigenvalue weighted by atomic mass is 32.1. The molecule has 7 nitrogen and oxygen atoms in total. The maximum absolute atomic E-state index is 12.4. The fraction of sp³-hybridized carbons (Fsp3) is 0.125. The van der Waals surface area contributed by atoms with Crippen LogP contribution in [0.15, 0.2) is 40.8 Å². The first kappa shape index (κ1) is 15.9. The van der Waals surface area contributed by atoms with Gasteiger partial charge in [-0.05, 0) is 24.6 Å². The zero-order valence-corrected chi connectivity index (χ0v) is 13.7. The van der Waals surface area contributed by atoms with Gasteiger partial charge in [0.1, 0.15) is 5.56 Å². The van der Waals surface area contributed by atoms with E-state index in [2.05, 4.69) is 15.0 Å². The van der Waals surface area contributed by atoms with Crippen LogP contribution < -0.4 is 10.9 Å². The SMILES string of the molecule is COC(=O)c1ccc(C)c(NC(=O)c2cnc3sccn3c2=O)c1. The zero-order chi connectivity index (χ0) is 17.3. The topological polar surface area (TPSA) is 89.8 Å². The monoisotopic (exact) mass is 343 g/mol. The molecule has 2 aromatic heterocycles. The van der Waals surface area contributed by atoms with E-state index in [1.165, 1.54) is 35.1 Å². The van der Waals surface area contributed by atoms with Gasteiger partial charge in [-0.1, -0.05) is 6.07 Å². The van der Waals surface area contributed by atoms with Crippen molar-refractivity contribution in [2.24, 2.45) is 0 Å². The Bertz CT molecular complexity index is 1010. The molecule has 0 spiro atoms. The van der Waals surface area contributed by atoms with E-state index in [9.17, 15) is 14.4 Å². The number of thiazole rings is 1. The Labute approximate surface area is 140 Å². The molecular weight excluding hydrogens is 330 g/mol. The van der Waals surface area contributed by atoms with Crippen LogP contribution >= 0.6 is 11.3 Å². The molecule has 0 unspecified atom stereocenters. The first-order chi connectivity index (χ1) is 11.5. The Kier molecular flexibility index (Phi) is 4.13. The number of methoxy groups -OCH3 is 1. The maximum Gasteiger partial charge on any atom is 0.337 e. The van der Waals surface area contributed by atoms with Gasteiger partial charge in [-0.3, -0.25) is 14.0 Å². The molecule has 24 heavy (non-hydrogen) atoms. The Morgan fingerprint density at radius 2 is 2.12 bits per heavy atom. The largest absolute Gasteiger partial charge is 0.465 e. The van der Waals surface area contributed by atoms with Gasteiger partial charge in [-0.15, -0.1) is 11.3 Å². The third-order valence-electron chi connectivity index (χ3n) is 3.49. The Morgan fingerprint density at radius 3 is 2.88 bits per heavy atom. The minimum absolute atomic E-state index is 0.0752. The number of hydrogen-bond donors (Lipinski definition) is 1. The summed E-state index contributed by atoms with van der Waals surface area (Å²) >= 11 is 1.30. The standard InChI is InChI=1S/C16H13N3O4S/c1-9-3-4-10(15(22)23-2)7-12(9)18-13(20)11-8-17-16-19(14(11)21)5-6-24-16/h3-8H,1-2H3,(H,18,20). The maximum atomic E-state index is 12.4. The van der Waals surface area contributed by atoms with Crippen LogP contribution in [0, 0.1) is 6.92 Å². The summed E-state index contributed by atoms with van der Waals surface area (Å²) in [5, 5.41) is 4.36. The van der Waals surface area contributed by atoms with Crippen molar-refractivity contribution in [3.8, 4) is 0 Å². The number of fused-ring (bicyclic) bond motifs is 1. The smallest absolute Gasteiger partial charge is 0.337 e. The van der Waals surface area contributed by atoms with Gasteiger partial charge >= 0.3 is 5.97 Å². The van der Waals surface area contributed by atoms with E-state index < -0.39 is 17.4 Å². The molecule has 1 N–H and O–H groups in total. The van der Waals surface area contributed by atoms with Gasteiger partial charge in [0.05, 0.1) is 12.7 Å². The first-order valence-corrected chi connectivity index (χ1v) is 7.84. The van der Waals surface area contributed by atoms with Crippen LogP contribution in [0.1, 0.15) is 26.3 Å². The van der Waals surface area contributed by atoms with Crippen LogP contribution in [0.4, 0.5) is 5.69 Å². The number of nitrogens with one attached hydrogen (secondary N) is 1. The number of carbonyl (C=O) groups is 2. The number of nitrogens with zero attached hydrogens (tertiary/aromatic N) is 2. The predicted octanol–water partition coefficient (Wildman–Crippen LogP) is 2.10. The molecule has 1 aromatic carbocycles. The van der Waals surface area contributed by atoms with Gasteiger partial charge in [-0.2, -0.15) is 0 Å². The van der Waals surface area contributed by atoms with Crippen molar-refractivity contribution in [1.82, 2.24) is 9.38 Å². The van der Waals surface area contributed by atoms with Crippen molar-refractivity contribution in [3.63, 3.8) is 0 Å². The van der Waals surface area contributed by atoms with Gasteiger partial charge in [0.2, 0.25) is 0 Å². The quantitative estimate of drug-likeness (QED) is 0.736. The number of aromatic nitrogens is 2. The van der Waals surface area contributed by atoms with Crippen molar-refractivity contribution in [3.05, 3.63) is 63.0 Å². The van der Waals surface area contributed by atoms with E-state index >= 15 is 0 Å². The third kappa shape index (κ3) is 2.79. The van der Waals surface area contributed by atoms with Crippen molar-refractivity contribution in [1.29, 1.82) is 0 Å². The number of ether oxygens (including phenoxy) is 1. The number of aryl methyl sites for hydroxylation is 1. The lowest BCUT2D eigenvalue weighted by atomic mass is 10.1. The van der Waals surface area contributed by atoms with Gasteiger partial charge < -0.3 is 10.1 Å². The normalized spacial score (nSPS) is 10.6. The second kappa shape index (κ2) is 6.25. The Balaban J connectivity index is 1.95. The van der Waals surface area contributed by atoms with E-state index in [-0.39, 0.29) is 5.56 Å². The highest BCUT2D eigenvalue weighted by molar-refractivity contribution is 7.15. The molecule has 3 rings (SSSR count). The molecule has 8 heteroatoms. The van der Waals surface area contributed by atoms with Gasteiger partial charge in [-0.25, -0.2) is 9.78 Å². The summed E-state index contributed by atoms with van der Waals surface area (Å²) in [5.74, 6) is -1.09. The highest BCUT2D eigenvalue weighted by Crippen LogP contribution is 2.18. The molecular formula is C16H13N3O4S. The molecule has 0 fully saturated rings. The van der Waals surface area contributed by atoms with Crippen LogP contribution in [0.5, 0.6) is 0 Å². The number of carbonyl (C=O) groups excluding carboxylic acids is 2. The van der Waals surface area contributed by atoms with Gasteiger partial charge in [0.25, 0.3) is 11.5 Å². The van der Waals surface area contributed by atoms with Crippen molar-refractivity contribution in [2.45, 2.75) is 6.92 Å². The Morgan fingerprint density at radius 1 is 1.33 bits per heavy atom. The van der Waals surface area contributed by atoms with Crippen molar-refractivity contribution >= 4 is 33.9 Å². The summed E-state index contributed by atoms with van der Waals surface area (Å²) in [4.78, 5) is 41.0. The third-order valence-corrected chi connectivity index (χ3v) is 4.26. The molecule has 0 atom stereocenters. The van der Waals surface area contributed by atoms with Crippen LogP contribution in [0.25, 0.3) is 4.96 Å². The summed E-state index contributed by atoms with van der Waals surface area (Å²) in [6.45, 7) is 1.78. The molecule has 122 valence electrons. The molecule has 0 radical (unpaired) electrons. The number of amides is 1.